The van der Waals surface area contributed by atoms with Gasteiger partial charge in [0, 0.05) is 11.5 Å². The van der Waals surface area contributed by atoms with Gasteiger partial charge in [0.25, 0.3) is 5.56 Å². The molecule has 2 aromatic carbocycles. The first kappa shape index (κ1) is 16.7. The van der Waals surface area contributed by atoms with Gasteiger partial charge in [-0.15, -0.1) is 0 Å². The second kappa shape index (κ2) is 6.64. The lowest BCUT2D eigenvalue weighted by molar-refractivity contribution is 0.158. The van der Waals surface area contributed by atoms with E-state index in [-0.39, 0.29) is 24.0 Å². The molecular formula is C22H19N3O3. The number of fused-ring (bicyclic) bond motifs is 4. The predicted molar refractivity (Wildman–Crippen MR) is 106 cm³/mol. The van der Waals surface area contributed by atoms with E-state index in [9.17, 15) is 9.59 Å². The van der Waals surface area contributed by atoms with Gasteiger partial charge in [0.2, 0.25) is 5.95 Å². The Kier molecular flexibility index (Phi) is 3.97. The van der Waals surface area contributed by atoms with Crippen molar-refractivity contribution in [2.45, 2.75) is 25.2 Å². The molecular weight excluding hydrogens is 354 g/mol. The molecule has 0 bridgehead atoms. The first-order chi connectivity index (χ1) is 13.7. The van der Waals surface area contributed by atoms with Gasteiger partial charge in [-0.05, 0) is 41.5 Å². The Morgan fingerprint density at radius 3 is 2.46 bits per heavy atom. The maximum atomic E-state index is 12.3. The molecule has 1 amide bonds. The van der Waals surface area contributed by atoms with E-state index in [0.717, 1.165) is 41.6 Å². The lowest BCUT2D eigenvalue weighted by atomic mass is 9.98. The summed E-state index contributed by atoms with van der Waals surface area (Å²) in [4.78, 5) is 31.3. The second-order valence-electron chi connectivity index (χ2n) is 7.14. The largest absolute Gasteiger partial charge is 0.448 e. The number of hydrogen-bond donors (Lipinski definition) is 2. The summed E-state index contributed by atoms with van der Waals surface area (Å²) >= 11 is 0. The van der Waals surface area contributed by atoms with E-state index < -0.39 is 6.09 Å². The first-order valence-corrected chi connectivity index (χ1v) is 9.45. The molecule has 0 aliphatic heterocycles. The Morgan fingerprint density at radius 1 is 1.07 bits per heavy atom. The third-order valence-corrected chi connectivity index (χ3v) is 5.51. The number of aryl methyl sites for hydroxylation is 1. The quantitative estimate of drug-likeness (QED) is 0.734. The Labute approximate surface area is 161 Å². The molecule has 0 fully saturated rings. The van der Waals surface area contributed by atoms with Crippen LogP contribution in [-0.2, 0) is 17.6 Å². The van der Waals surface area contributed by atoms with Gasteiger partial charge >= 0.3 is 6.09 Å². The summed E-state index contributed by atoms with van der Waals surface area (Å²) in [5.41, 5.74) is 5.96. The summed E-state index contributed by atoms with van der Waals surface area (Å²) in [5.74, 6) is 0.132. The number of benzene rings is 2. The van der Waals surface area contributed by atoms with Crippen molar-refractivity contribution in [2.24, 2.45) is 0 Å². The molecule has 0 saturated heterocycles. The minimum absolute atomic E-state index is 0.00909. The molecule has 1 aromatic heterocycles. The third-order valence-electron chi connectivity index (χ3n) is 5.51. The smallest absolute Gasteiger partial charge is 0.414 e. The van der Waals surface area contributed by atoms with Gasteiger partial charge in [0.1, 0.15) is 6.61 Å². The Balaban J connectivity index is 1.32. The molecule has 3 aromatic rings. The van der Waals surface area contributed by atoms with Crippen LogP contribution in [0.4, 0.5) is 10.7 Å². The molecule has 2 aliphatic rings. The predicted octanol–water partition coefficient (Wildman–Crippen LogP) is 3.62. The average Bonchev–Trinajstić information content (AvgIpc) is 3.29. The van der Waals surface area contributed by atoms with Crippen LogP contribution in [0.1, 0.15) is 34.7 Å². The molecule has 140 valence electrons. The van der Waals surface area contributed by atoms with Gasteiger partial charge < -0.3 is 4.74 Å². The molecule has 6 heteroatoms. The van der Waals surface area contributed by atoms with Gasteiger partial charge in [-0.25, -0.2) is 9.78 Å². The minimum atomic E-state index is -0.622. The van der Waals surface area contributed by atoms with Crippen molar-refractivity contribution in [3.05, 3.63) is 81.3 Å². The van der Waals surface area contributed by atoms with Crippen molar-refractivity contribution in [1.82, 2.24) is 9.97 Å². The van der Waals surface area contributed by atoms with Gasteiger partial charge in [-0.1, -0.05) is 48.5 Å². The van der Waals surface area contributed by atoms with Crippen molar-refractivity contribution >= 4 is 12.0 Å². The molecule has 2 N–H and O–H groups in total. The van der Waals surface area contributed by atoms with E-state index >= 15 is 0 Å². The van der Waals surface area contributed by atoms with E-state index in [4.69, 9.17) is 4.74 Å². The molecule has 0 radical (unpaired) electrons. The fourth-order valence-corrected chi connectivity index (χ4v) is 4.23. The highest BCUT2D eigenvalue weighted by Crippen LogP contribution is 2.44. The summed E-state index contributed by atoms with van der Waals surface area (Å²) in [6.45, 7) is 0.217. The highest BCUT2D eigenvalue weighted by molar-refractivity contribution is 5.83. The number of hydrogen-bond acceptors (Lipinski definition) is 4. The number of amides is 1. The molecule has 5 rings (SSSR count). The summed E-state index contributed by atoms with van der Waals surface area (Å²) < 4.78 is 5.49. The summed E-state index contributed by atoms with van der Waals surface area (Å²) in [5, 5.41) is 2.56. The fraction of sp³-hybridized carbons (Fsp3) is 0.227. The van der Waals surface area contributed by atoms with Crippen LogP contribution in [0.5, 0.6) is 0 Å². The lowest BCUT2D eigenvalue weighted by Gasteiger charge is -2.14. The van der Waals surface area contributed by atoms with Crippen LogP contribution in [0.25, 0.3) is 11.1 Å². The number of aromatic amines is 1. The molecule has 6 nitrogen and oxygen atoms in total. The molecule has 1 heterocycles. The number of carbonyl (C=O) groups excluding carboxylic acids is 1. The highest BCUT2D eigenvalue weighted by atomic mass is 16.5. The number of ether oxygens (including phenoxy) is 1. The Morgan fingerprint density at radius 2 is 1.75 bits per heavy atom. The minimum Gasteiger partial charge on any atom is -0.448 e. The maximum absolute atomic E-state index is 12.3. The molecule has 0 saturated carbocycles. The SMILES string of the molecule is O=C(Nc1nc2c(c(=O)[nH]1)CCC2)OCC1c2ccccc2-c2ccccc21. The Bertz CT molecular complexity index is 1090. The number of anilines is 1. The molecule has 0 atom stereocenters. The summed E-state index contributed by atoms with van der Waals surface area (Å²) in [7, 11) is 0. The first-order valence-electron chi connectivity index (χ1n) is 9.45. The van der Waals surface area contributed by atoms with Crippen molar-refractivity contribution in [3.8, 4) is 11.1 Å². The third kappa shape index (κ3) is 2.78. The number of nitrogens with one attached hydrogen (secondary N) is 2. The molecule has 28 heavy (non-hydrogen) atoms. The van der Waals surface area contributed by atoms with Crippen LogP contribution in [0.2, 0.25) is 0 Å². The number of carbonyl (C=O) groups is 1. The topological polar surface area (TPSA) is 84.1 Å². The maximum Gasteiger partial charge on any atom is 0.414 e. The van der Waals surface area contributed by atoms with Crippen molar-refractivity contribution in [3.63, 3.8) is 0 Å². The molecule has 0 spiro atoms. The van der Waals surface area contributed by atoms with Crippen LogP contribution >= 0.6 is 0 Å². The van der Waals surface area contributed by atoms with E-state index in [1.54, 1.807) is 0 Å². The highest BCUT2D eigenvalue weighted by Gasteiger charge is 2.29. The van der Waals surface area contributed by atoms with E-state index in [1.807, 2.05) is 24.3 Å². The average molecular weight is 373 g/mol. The summed E-state index contributed by atoms with van der Waals surface area (Å²) in [6.07, 6.45) is 1.80. The molecule has 0 unspecified atom stereocenters. The zero-order chi connectivity index (χ0) is 19.1. The summed E-state index contributed by atoms with van der Waals surface area (Å²) in [6, 6.07) is 16.3. The number of H-pyrrole nitrogens is 1. The van der Waals surface area contributed by atoms with E-state index in [0.29, 0.717) is 0 Å². The van der Waals surface area contributed by atoms with Crippen LogP contribution < -0.4 is 10.9 Å². The monoisotopic (exact) mass is 373 g/mol. The van der Waals surface area contributed by atoms with Crippen molar-refractivity contribution < 1.29 is 9.53 Å². The Hall–Kier alpha value is -3.41. The van der Waals surface area contributed by atoms with Crippen molar-refractivity contribution in [2.75, 3.05) is 11.9 Å². The van der Waals surface area contributed by atoms with Gasteiger partial charge in [0.05, 0.1) is 5.69 Å². The fourth-order valence-electron chi connectivity index (χ4n) is 4.23. The molecule has 2 aliphatic carbocycles. The standard InChI is InChI=1S/C22H19N3O3/c26-20-17-10-5-11-19(17)23-21(24-20)25-22(27)28-12-18-15-8-3-1-6-13(15)14-7-2-4-9-16(14)18/h1-4,6-9,18H,5,10-12H2,(H2,23,24,25,26,27). The zero-order valence-corrected chi connectivity index (χ0v) is 15.2. The normalized spacial score (nSPS) is 14.3. The number of aromatic nitrogens is 2. The number of rotatable bonds is 3. The second-order valence-corrected chi connectivity index (χ2v) is 7.14. The van der Waals surface area contributed by atoms with Crippen LogP contribution in [0.15, 0.2) is 53.3 Å². The lowest BCUT2D eigenvalue weighted by Crippen LogP contribution is -2.23. The van der Waals surface area contributed by atoms with Crippen molar-refractivity contribution in [1.29, 1.82) is 0 Å². The van der Waals surface area contributed by atoms with Gasteiger partial charge in [-0.2, -0.15) is 0 Å². The van der Waals surface area contributed by atoms with E-state index in [1.165, 1.54) is 11.1 Å². The van der Waals surface area contributed by atoms with Crippen LogP contribution in [0, 0.1) is 0 Å². The van der Waals surface area contributed by atoms with Crippen LogP contribution in [-0.4, -0.2) is 22.7 Å². The van der Waals surface area contributed by atoms with Gasteiger partial charge in [-0.3, -0.25) is 15.1 Å². The zero-order valence-electron chi connectivity index (χ0n) is 15.2. The van der Waals surface area contributed by atoms with E-state index in [2.05, 4.69) is 39.6 Å². The van der Waals surface area contributed by atoms with Crippen LogP contribution in [0.3, 0.4) is 0 Å². The number of nitrogens with zero attached hydrogens (tertiary/aromatic N) is 1. The van der Waals surface area contributed by atoms with Gasteiger partial charge in [0.15, 0.2) is 0 Å².